The fourth-order valence-electron chi connectivity index (χ4n) is 2.03. The van der Waals surface area contributed by atoms with Gasteiger partial charge in [0.25, 0.3) is 5.69 Å². The fourth-order valence-corrected chi connectivity index (χ4v) is 3.19. The van der Waals surface area contributed by atoms with Crippen LogP contribution in [0.4, 0.5) is 18.9 Å². The maximum Gasteiger partial charge on any atom is 0.417 e. The Morgan fingerprint density at radius 1 is 1.36 bits per heavy atom. The van der Waals surface area contributed by atoms with Crippen molar-refractivity contribution in [2.75, 3.05) is 6.16 Å². The summed E-state index contributed by atoms with van der Waals surface area (Å²) in [6.07, 6.45) is -3.23. The highest BCUT2D eigenvalue weighted by Crippen LogP contribution is 2.36. The van der Waals surface area contributed by atoms with Crippen LogP contribution in [0.15, 0.2) is 24.4 Å². The fraction of sp³-hybridized carbons (Fsp3) is 0.267. The minimum Gasteiger partial charge on any atom is -0.437 e. The van der Waals surface area contributed by atoms with Crippen LogP contribution in [0.2, 0.25) is 5.02 Å². The molecule has 5 nitrogen and oxygen atoms in total. The number of nitro groups is 1. The van der Waals surface area contributed by atoms with Crippen molar-refractivity contribution >= 4 is 31.2 Å². The summed E-state index contributed by atoms with van der Waals surface area (Å²) in [4.78, 5) is 14.3. The number of aromatic nitrogens is 1. The molecule has 0 spiro atoms. The van der Waals surface area contributed by atoms with Crippen LogP contribution in [0, 0.1) is 17.0 Å². The molecule has 1 heterocycles. The highest BCUT2D eigenvalue weighted by molar-refractivity contribution is 7.47. The van der Waals surface area contributed by atoms with Gasteiger partial charge in [0, 0.05) is 12.3 Å². The van der Waals surface area contributed by atoms with E-state index in [4.69, 9.17) is 16.3 Å². The van der Waals surface area contributed by atoms with E-state index >= 15 is 0 Å². The molecular weight excluding hydrogens is 380 g/mol. The number of rotatable bonds is 5. The largest absolute Gasteiger partial charge is 0.437 e. The van der Waals surface area contributed by atoms with Gasteiger partial charge in [0.05, 0.1) is 15.8 Å². The lowest BCUT2D eigenvalue weighted by Crippen LogP contribution is -2.08. The van der Waals surface area contributed by atoms with Gasteiger partial charge in [0.15, 0.2) is 0 Å². The number of hydrogen-bond acceptors (Lipinski definition) is 4. The average Bonchev–Trinajstić information content (AvgIpc) is 2.51. The summed E-state index contributed by atoms with van der Waals surface area (Å²) in [5.41, 5.74) is -0.552. The number of nitro benzene ring substituents is 1. The molecule has 2 aromatic rings. The van der Waals surface area contributed by atoms with Gasteiger partial charge in [-0.2, -0.15) is 13.2 Å². The second-order valence-corrected chi connectivity index (χ2v) is 7.04. The van der Waals surface area contributed by atoms with Crippen LogP contribution >= 0.6 is 20.2 Å². The lowest BCUT2D eigenvalue weighted by molar-refractivity contribution is -0.383. The second kappa shape index (κ2) is 7.54. The standard InChI is InChI=1S/C15H13ClF3N2O3P/c1-3-25-13-6-12(8(2)4-11(13)21(22)23)24-14-10(16)5-9(7-20-14)15(17,18)19/h4-7,25H,3H2,1-2H3. The number of pyridine rings is 1. The number of aryl methyl sites for hydroxylation is 1. The Kier molecular flexibility index (Phi) is 5.85. The molecule has 0 saturated carbocycles. The third-order valence-electron chi connectivity index (χ3n) is 3.20. The van der Waals surface area contributed by atoms with Crippen LogP contribution in [0.5, 0.6) is 11.6 Å². The molecule has 1 atom stereocenters. The molecule has 10 heteroatoms. The molecule has 0 radical (unpaired) electrons. The van der Waals surface area contributed by atoms with Crippen LogP contribution in [0.1, 0.15) is 18.1 Å². The molecule has 2 rings (SSSR count). The molecule has 0 N–H and O–H groups in total. The second-order valence-electron chi connectivity index (χ2n) is 5.03. The van der Waals surface area contributed by atoms with E-state index in [2.05, 4.69) is 4.98 Å². The third kappa shape index (κ3) is 4.58. The normalized spacial score (nSPS) is 11.9. The Morgan fingerprint density at radius 3 is 2.56 bits per heavy atom. The first-order valence-electron chi connectivity index (χ1n) is 7.07. The van der Waals surface area contributed by atoms with Crippen molar-refractivity contribution in [3.05, 3.63) is 50.7 Å². The number of alkyl halides is 3. The Morgan fingerprint density at radius 2 is 2.04 bits per heavy atom. The van der Waals surface area contributed by atoms with E-state index in [0.29, 0.717) is 23.2 Å². The number of ether oxygens (including phenoxy) is 1. The van der Waals surface area contributed by atoms with Gasteiger partial charge < -0.3 is 4.74 Å². The number of halogens is 4. The topological polar surface area (TPSA) is 65.3 Å². The molecule has 0 saturated heterocycles. The molecule has 0 bridgehead atoms. The van der Waals surface area contributed by atoms with E-state index < -0.39 is 16.7 Å². The maximum absolute atomic E-state index is 12.6. The average molecular weight is 393 g/mol. The van der Waals surface area contributed by atoms with Gasteiger partial charge in [-0.15, -0.1) is 0 Å². The first-order chi connectivity index (χ1) is 11.6. The lowest BCUT2D eigenvalue weighted by atomic mass is 10.2. The lowest BCUT2D eigenvalue weighted by Gasteiger charge is -2.13. The summed E-state index contributed by atoms with van der Waals surface area (Å²) in [6, 6.07) is 3.59. The molecule has 0 aliphatic carbocycles. The summed E-state index contributed by atoms with van der Waals surface area (Å²) < 4.78 is 43.4. The third-order valence-corrected chi connectivity index (χ3v) is 4.60. The molecule has 25 heavy (non-hydrogen) atoms. The van der Waals surface area contributed by atoms with E-state index in [1.54, 1.807) is 6.92 Å². The van der Waals surface area contributed by atoms with E-state index in [0.717, 1.165) is 6.07 Å². The number of hydrogen-bond donors (Lipinski definition) is 0. The summed E-state index contributed by atoms with van der Waals surface area (Å²) in [7, 11) is 0.196. The first-order valence-corrected chi connectivity index (χ1v) is 8.65. The van der Waals surface area contributed by atoms with Crippen LogP contribution in [-0.4, -0.2) is 16.1 Å². The predicted octanol–water partition coefficient (Wildman–Crippen LogP) is 5.09. The zero-order chi connectivity index (χ0) is 18.8. The molecule has 0 fully saturated rings. The summed E-state index contributed by atoms with van der Waals surface area (Å²) in [6.45, 7) is 3.48. The zero-order valence-electron chi connectivity index (χ0n) is 13.1. The van der Waals surface area contributed by atoms with Gasteiger partial charge in [-0.25, -0.2) is 4.98 Å². The number of benzene rings is 1. The molecule has 0 amide bonds. The van der Waals surface area contributed by atoms with Crippen LogP contribution in [0.25, 0.3) is 0 Å². The summed E-state index contributed by atoms with van der Waals surface area (Å²) in [5.74, 6) is 0.0631. The van der Waals surface area contributed by atoms with Gasteiger partial charge in [0.2, 0.25) is 5.88 Å². The summed E-state index contributed by atoms with van der Waals surface area (Å²) in [5, 5.41) is 11.3. The first kappa shape index (κ1) is 19.4. The van der Waals surface area contributed by atoms with E-state index in [1.807, 2.05) is 6.92 Å². The maximum atomic E-state index is 12.6. The van der Waals surface area contributed by atoms with E-state index in [-0.39, 0.29) is 30.9 Å². The van der Waals surface area contributed by atoms with Crippen molar-refractivity contribution in [1.82, 2.24) is 4.98 Å². The van der Waals surface area contributed by atoms with Crippen molar-refractivity contribution in [1.29, 1.82) is 0 Å². The van der Waals surface area contributed by atoms with E-state index in [9.17, 15) is 23.3 Å². The highest BCUT2D eigenvalue weighted by Gasteiger charge is 2.32. The van der Waals surface area contributed by atoms with Crippen molar-refractivity contribution < 1.29 is 22.8 Å². The smallest absolute Gasteiger partial charge is 0.417 e. The van der Waals surface area contributed by atoms with Gasteiger partial charge in [-0.3, -0.25) is 10.1 Å². The van der Waals surface area contributed by atoms with E-state index in [1.165, 1.54) is 12.1 Å². The Bertz CT molecular complexity index is 815. The highest BCUT2D eigenvalue weighted by atomic mass is 35.5. The zero-order valence-corrected chi connectivity index (χ0v) is 14.9. The number of nitrogens with zero attached hydrogens (tertiary/aromatic N) is 2. The molecular formula is C15H13ClF3N2O3P. The molecule has 1 aromatic heterocycles. The van der Waals surface area contributed by atoms with Crippen molar-refractivity contribution in [3.8, 4) is 11.6 Å². The van der Waals surface area contributed by atoms with Gasteiger partial charge in [-0.05, 0) is 30.8 Å². The van der Waals surface area contributed by atoms with Crippen molar-refractivity contribution in [2.24, 2.45) is 0 Å². The van der Waals surface area contributed by atoms with Crippen LogP contribution in [0.3, 0.4) is 0 Å². The van der Waals surface area contributed by atoms with Crippen molar-refractivity contribution in [2.45, 2.75) is 20.0 Å². The quantitative estimate of drug-likeness (QED) is 0.404. The van der Waals surface area contributed by atoms with Gasteiger partial charge in [-0.1, -0.05) is 27.1 Å². The van der Waals surface area contributed by atoms with Crippen molar-refractivity contribution in [3.63, 3.8) is 0 Å². The Labute approximate surface area is 148 Å². The van der Waals surface area contributed by atoms with Crippen LogP contribution < -0.4 is 10.0 Å². The van der Waals surface area contributed by atoms with Gasteiger partial charge in [0.1, 0.15) is 10.8 Å². The minimum atomic E-state index is -4.56. The Balaban J connectivity index is 2.40. The molecule has 0 aliphatic heterocycles. The van der Waals surface area contributed by atoms with Gasteiger partial charge >= 0.3 is 6.18 Å². The summed E-state index contributed by atoms with van der Waals surface area (Å²) >= 11 is 5.83. The SMILES string of the molecule is CCPc1cc(Oc2ncc(C(F)(F)F)cc2Cl)c(C)cc1[N+](=O)[O-]. The minimum absolute atomic E-state index is 0.0171. The molecule has 134 valence electrons. The van der Waals surface area contributed by atoms with Crippen LogP contribution in [-0.2, 0) is 6.18 Å². The molecule has 1 unspecified atom stereocenters. The monoisotopic (exact) mass is 392 g/mol. The predicted molar refractivity (Wildman–Crippen MR) is 90.6 cm³/mol. The Hall–Kier alpha value is -1.92. The molecule has 1 aromatic carbocycles. The molecule has 0 aliphatic rings.